The molecule has 1 aliphatic rings. The molecule has 9 heteroatoms. The molecule has 22 heavy (non-hydrogen) atoms. The Balaban J connectivity index is 0.00000176. The molecular formula is C13H9ClIN5O2. The molecule has 0 saturated carbocycles. The topological polar surface area (TPSA) is 80.2 Å². The van der Waals surface area contributed by atoms with Gasteiger partial charge in [-0.1, -0.05) is 35.4 Å². The van der Waals surface area contributed by atoms with E-state index < -0.39 is 4.92 Å². The van der Waals surface area contributed by atoms with Crippen LogP contribution in [0.2, 0.25) is 0 Å². The summed E-state index contributed by atoms with van der Waals surface area (Å²) in [5.41, 5.74) is 1.21. The number of quaternary nitrogens is 1. The van der Waals surface area contributed by atoms with Crippen molar-refractivity contribution >= 4 is 40.1 Å². The molecule has 0 amide bonds. The fourth-order valence-corrected chi connectivity index (χ4v) is 2.82. The molecule has 0 radical (unpaired) electrons. The van der Waals surface area contributed by atoms with Gasteiger partial charge in [-0.05, 0) is 8.87 Å². The van der Waals surface area contributed by atoms with E-state index in [0.717, 1.165) is 5.69 Å². The van der Waals surface area contributed by atoms with Gasteiger partial charge in [0, 0.05) is 23.4 Å². The van der Waals surface area contributed by atoms with Crippen LogP contribution in [0.15, 0.2) is 70.1 Å². The standard InChI is InChI=1S/C13H9IN5O2.ClH/c14-19(10-6-2-1-3-7-10)13(15-16-17-19)11-8-4-5-9-12(11)18(20)21;/h1-9H;1H/q+1;/p-1. The Bertz CT molecular complexity index is 768. The number of hydrogen-bond acceptors (Lipinski definition) is 5. The Morgan fingerprint density at radius 1 is 1.05 bits per heavy atom. The fourth-order valence-electron chi connectivity index (χ4n) is 2.05. The molecule has 1 unspecified atom stereocenters. The predicted molar refractivity (Wildman–Crippen MR) is 86.7 cm³/mol. The molecule has 0 aliphatic carbocycles. The SMILES string of the molecule is O=[N+]([O-])c1ccccc1C1=NN=N[N+]1(I)c1ccccc1.[Cl-]. The van der Waals surface area contributed by atoms with Crippen LogP contribution in [0.3, 0.4) is 0 Å². The molecule has 0 N–H and O–H groups in total. The van der Waals surface area contributed by atoms with Crippen molar-refractivity contribution in [3.05, 3.63) is 70.3 Å². The lowest BCUT2D eigenvalue weighted by molar-refractivity contribution is -0.385. The minimum atomic E-state index is -0.428. The summed E-state index contributed by atoms with van der Waals surface area (Å²) in [5, 5.41) is 23.1. The minimum absolute atomic E-state index is 0. The lowest BCUT2D eigenvalue weighted by Gasteiger charge is -2.17. The highest BCUT2D eigenvalue weighted by atomic mass is 127. The number of nitro groups is 1. The number of halogens is 2. The first kappa shape index (κ1) is 16.5. The molecule has 1 heterocycles. The van der Waals surface area contributed by atoms with E-state index in [4.69, 9.17) is 0 Å². The molecule has 1 aliphatic heterocycles. The molecule has 0 fully saturated rings. The zero-order chi connectivity index (χ0) is 14.9. The smallest absolute Gasteiger partial charge is 0.304 e. The van der Waals surface area contributed by atoms with Crippen molar-refractivity contribution in [2.45, 2.75) is 0 Å². The summed E-state index contributed by atoms with van der Waals surface area (Å²) in [6, 6.07) is 15.8. The molecule has 0 saturated heterocycles. The molecule has 112 valence electrons. The summed E-state index contributed by atoms with van der Waals surface area (Å²) >= 11 is 2.06. The highest BCUT2D eigenvalue weighted by Gasteiger charge is 2.44. The first-order valence-corrected chi connectivity index (χ1v) is 6.98. The summed E-state index contributed by atoms with van der Waals surface area (Å²) in [7, 11) is 0. The Kier molecular flexibility index (Phi) is 4.84. The van der Waals surface area contributed by atoms with Crippen LogP contribution in [0, 0.1) is 10.1 Å². The van der Waals surface area contributed by atoms with Crippen molar-refractivity contribution in [1.29, 1.82) is 0 Å². The second-order valence-corrected chi connectivity index (χ2v) is 5.67. The Morgan fingerprint density at radius 2 is 1.68 bits per heavy atom. The molecule has 1 atom stereocenters. The zero-order valence-corrected chi connectivity index (χ0v) is 13.9. The number of benzene rings is 2. The van der Waals surface area contributed by atoms with E-state index >= 15 is 0 Å². The van der Waals surface area contributed by atoms with E-state index in [1.165, 1.54) is 6.07 Å². The molecule has 3 rings (SSSR count). The number of hydrogen-bond donors (Lipinski definition) is 0. The van der Waals surface area contributed by atoms with Gasteiger partial charge in [-0.3, -0.25) is 10.1 Å². The third kappa shape index (κ3) is 2.72. The summed E-state index contributed by atoms with van der Waals surface area (Å²) in [5.74, 6) is 0.411. The van der Waals surface area contributed by atoms with E-state index in [2.05, 4.69) is 38.4 Å². The highest BCUT2D eigenvalue weighted by molar-refractivity contribution is 14.1. The summed E-state index contributed by atoms with van der Waals surface area (Å²) < 4.78 is -0.0799. The second-order valence-electron chi connectivity index (χ2n) is 4.27. The molecule has 2 aromatic rings. The van der Waals surface area contributed by atoms with Gasteiger partial charge in [-0.15, -0.1) is 0 Å². The van der Waals surface area contributed by atoms with E-state index in [0.29, 0.717) is 11.4 Å². The first-order chi connectivity index (χ1) is 10.1. The molecule has 0 bridgehead atoms. The van der Waals surface area contributed by atoms with Crippen molar-refractivity contribution < 1.29 is 17.3 Å². The van der Waals surface area contributed by atoms with Gasteiger partial charge in [-0.25, -0.2) is 0 Å². The van der Waals surface area contributed by atoms with E-state index in [1.807, 2.05) is 30.3 Å². The zero-order valence-electron chi connectivity index (χ0n) is 11.0. The van der Waals surface area contributed by atoms with Crippen LogP contribution < -0.4 is 15.2 Å². The van der Waals surface area contributed by atoms with Gasteiger partial charge in [-0.2, -0.15) is 0 Å². The second kappa shape index (κ2) is 6.46. The van der Waals surface area contributed by atoms with Gasteiger partial charge in [0.05, 0.1) is 10.1 Å². The van der Waals surface area contributed by atoms with Crippen molar-refractivity contribution in [3.63, 3.8) is 0 Å². The third-order valence-corrected chi connectivity index (χ3v) is 4.23. The quantitative estimate of drug-likeness (QED) is 0.316. The van der Waals surface area contributed by atoms with Gasteiger partial charge < -0.3 is 12.4 Å². The van der Waals surface area contributed by atoms with Gasteiger partial charge >= 0.3 is 5.84 Å². The molecule has 2 aromatic carbocycles. The van der Waals surface area contributed by atoms with E-state index in [9.17, 15) is 10.1 Å². The predicted octanol–water partition coefficient (Wildman–Crippen LogP) is 0.999. The molecule has 7 nitrogen and oxygen atoms in total. The van der Waals surface area contributed by atoms with Gasteiger partial charge in [0.15, 0.2) is 5.69 Å². The Morgan fingerprint density at radius 3 is 2.36 bits per heavy atom. The van der Waals surface area contributed by atoms with Crippen LogP contribution in [0.5, 0.6) is 0 Å². The minimum Gasteiger partial charge on any atom is -1.00 e. The van der Waals surface area contributed by atoms with E-state index in [1.54, 1.807) is 18.2 Å². The van der Waals surface area contributed by atoms with Crippen LogP contribution in [-0.4, -0.2) is 10.8 Å². The number of nitrogens with zero attached hydrogens (tertiary/aromatic N) is 5. The summed E-state index contributed by atoms with van der Waals surface area (Å²) in [6.07, 6.45) is 0. The van der Waals surface area contributed by atoms with Crippen LogP contribution in [-0.2, 0) is 0 Å². The fraction of sp³-hybridized carbons (Fsp3) is 0. The molecular weight excluding hydrogens is 421 g/mol. The maximum absolute atomic E-state index is 11.2. The lowest BCUT2D eigenvalue weighted by Crippen LogP contribution is -3.00. The monoisotopic (exact) mass is 429 g/mol. The molecule has 0 spiro atoms. The Labute approximate surface area is 146 Å². The number of amidine groups is 1. The number of rotatable bonds is 3. The van der Waals surface area contributed by atoms with Crippen molar-refractivity contribution in [2.24, 2.45) is 15.5 Å². The third-order valence-electron chi connectivity index (χ3n) is 3.02. The largest absolute Gasteiger partial charge is 1.00 e. The van der Waals surface area contributed by atoms with Crippen molar-refractivity contribution in [2.75, 3.05) is 0 Å². The summed E-state index contributed by atoms with van der Waals surface area (Å²) in [4.78, 5) is 10.8. The number of nitro benzene ring substituents is 1. The van der Waals surface area contributed by atoms with Crippen LogP contribution in [0.1, 0.15) is 5.56 Å². The molecule has 0 aromatic heterocycles. The van der Waals surface area contributed by atoms with Gasteiger partial charge in [0.25, 0.3) is 28.6 Å². The van der Waals surface area contributed by atoms with Crippen LogP contribution in [0.25, 0.3) is 0 Å². The van der Waals surface area contributed by atoms with Crippen molar-refractivity contribution in [1.82, 2.24) is 2.81 Å². The maximum Gasteiger partial charge on any atom is 0.304 e. The normalized spacial score (nSPS) is 19.4. The van der Waals surface area contributed by atoms with E-state index in [-0.39, 0.29) is 20.9 Å². The number of para-hydroxylation sites is 2. The average Bonchev–Trinajstić information content (AvgIpc) is 2.91. The van der Waals surface area contributed by atoms with Gasteiger partial charge in [0.1, 0.15) is 5.56 Å². The van der Waals surface area contributed by atoms with Gasteiger partial charge in [0.2, 0.25) is 0 Å². The summed E-state index contributed by atoms with van der Waals surface area (Å²) in [6.45, 7) is 0. The van der Waals surface area contributed by atoms with Crippen molar-refractivity contribution in [3.8, 4) is 0 Å². The van der Waals surface area contributed by atoms with Crippen LogP contribution >= 0.6 is 22.9 Å². The highest BCUT2D eigenvalue weighted by Crippen LogP contribution is 2.37. The average molecular weight is 430 g/mol. The lowest BCUT2D eigenvalue weighted by atomic mass is 10.1. The first-order valence-electron chi connectivity index (χ1n) is 6.02. The Hall–Kier alpha value is -1.91. The van der Waals surface area contributed by atoms with Crippen LogP contribution in [0.4, 0.5) is 11.4 Å². The maximum atomic E-state index is 11.2.